The summed E-state index contributed by atoms with van der Waals surface area (Å²) >= 11 is 0. The van der Waals surface area contributed by atoms with Crippen molar-refractivity contribution in [1.82, 2.24) is 4.90 Å². The van der Waals surface area contributed by atoms with Crippen LogP contribution in [-0.4, -0.2) is 26.9 Å². The summed E-state index contributed by atoms with van der Waals surface area (Å²) in [5.74, 6) is 0. The summed E-state index contributed by atoms with van der Waals surface area (Å²) in [4.78, 5) is 1.90. The topological polar surface area (TPSA) is 61.2 Å². The predicted molar refractivity (Wildman–Crippen MR) is 68.1 cm³/mol. The maximum Gasteiger partial charge on any atom is 0.218 e. The number of benzene rings is 1. The first kappa shape index (κ1) is 12.7. The molecule has 0 spiro atoms. The molecule has 5 heteroatoms. The van der Waals surface area contributed by atoms with Crippen molar-refractivity contribution < 1.29 is 8.42 Å². The Kier molecular flexibility index (Phi) is 3.39. The predicted octanol–water partition coefficient (Wildman–Crippen LogP) is 1.92. The zero-order valence-electron chi connectivity index (χ0n) is 10.1. The maximum atomic E-state index is 12.4. The number of hydrogen-bond acceptors (Lipinski definition) is 4. The molecule has 1 aliphatic rings. The number of nitriles is 1. The molecular formula is C13H14N2O2S. The molecule has 0 aliphatic carbocycles. The van der Waals surface area contributed by atoms with Crippen molar-refractivity contribution >= 4 is 9.84 Å². The molecule has 1 saturated heterocycles. The second-order valence-electron chi connectivity index (χ2n) is 4.23. The molecule has 0 radical (unpaired) electrons. The third-order valence-corrected chi connectivity index (χ3v) is 4.81. The maximum absolute atomic E-state index is 12.4. The van der Waals surface area contributed by atoms with E-state index in [0.29, 0.717) is 12.1 Å². The highest BCUT2D eigenvalue weighted by Gasteiger charge is 2.28. The monoisotopic (exact) mass is 262 g/mol. The number of hydrogen-bond donors (Lipinski definition) is 0. The second kappa shape index (κ2) is 4.83. The number of rotatable bonds is 2. The minimum absolute atomic E-state index is 0.117. The Bertz CT molecular complexity index is 612. The van der Waals surface area contributed by atoms with Crippen molar-refractivity contribution in [2.75, 3.05) is 13.6 Å². The summed E-state index contributed by atoms with van der Waals surface area (Å²) < 4.78 is 24.8. The van der Waals surface area contributed by atoms with Gasteiger partial charge in [-0.15, -0.1) is 0 Å². The molecule has 1 fully saturated rings. The largest absolute Gasteiger partial charge is 0.376 e. The van der Waals surface area contributed by atoms with Gasteiger partial charge < -0.3 is 4.90 Å². The van der Waals surface area contributed by atoms with Gasteiger partial charge in [-0.1, -0.05) is 18.2 Å². The van der Waals surface area contributed by atoms with Gasteiger partial charge in [-0.05, 0) is 25.0 Å². The van der Waals surface area contributed by atoms with Crippen LogP contribution in [0.15, 0.2) is 45.8 Å². The molecule has 0 aromatic heterocycles. The molecule has 0 atom stereocenters. The van der Waals surface area contributed by atoms with Crippen LogP contribution in [0, 0.1) is 11.3 Å². The molecule has 94 valence electrons. The molecule has 4 nitrogen and oxygen atoms in total. The zero-order chi connectivity index (χ0) is 13.2. The van der Waals surface area contributed by atoms with Crippen LogP contribution in [0.25, 0.3) is 0 Å². The van der Waals surface area contributed by atoms with Gasteiger partial charge in [0.05, 0.1) is 4.90 Å². The summed E-state index contributed by atoms with van der Waals surface area (Å²) in [6.07, 6.45) is 1.53. The van der Waals surface area contributed by atoms with Crippen LogP contribution in [-0.2, 0) is 9.84 Å². The van der Waals surface area contributed by atoms with Crippen molar-refractivity contribution in [3.8, 4) is 6.07 Å². The normalized spacial score (nSPS) is 18.6. The van der Waals surface area contributed by atoms with Crippen LogP contribution in [0.4, 0.5) is 0 Å². The summed E-state index contributed by atoms with van der Waals surface area (Å²) in [5, 5.41) is 9.19. The number of allylic oxidation sites excluding steroid dienone is 2. The average molecular weight is 262 g/mol. The van der Waals surface area contributed by atoms with Crippen molar-refractivity contribution in [2.45, 2.75) is 17.7 Å². The molecule has 18 heavy (non-hydrogen) atoms. The van der Waals surface area contributed by atoms with Gasteiger partial charge in [0.1, 0.15) is 6.07 Å². The van der Waals surface area contributed by atoms with Gasteiger partial charge in [0.2, 0.25) is 9.84 Å². The molecule has 0 unspecified atom stereocenters. The molecule has 1 aromatic carbocycles. The highest BCUT2D eigenvalue weighted by atomic mass is 32.2. The van der Waals surface area contributed by atoms with Gasteiger partial charge in [0.25, 0.3) is 0 Å². The Morgan fingerprint density at radius 3 is 2.50 bits per heavy atom. The van der Waals surface area contributed by atoms with Crippen LogP contribution < -0.4 is 0 Å². The van der Waals surface area contributed by atoms with Crippen molar-refractivity contribution in [3.63, 3.8) is 0 Å². The van der Waals surface area contributed by atoms with E-state index in [-0.39, 0.29) is 9.80 Å². The highest BCUT2D eigenvalue weighted by Crippen LogP contribution is 2.28. The molecule has 2 rings (SSSR count). The molecular weight excluding hydrogens is 248 g/mol. The standard InChI is InChI=1S/C13H14N2O2S/c1-15-9-5-8-12(15)13(10-14)18(16,17)11-6-3-2-4-7-11/h2-4,6-7H,5,8-9H2,1H3/b13-12-. The number of sulfone groups is 1. The summed E-state index contributed by atoms with van der Waals surface area (Å²) in [6.45, 7) is 0.796. The van der Waals surface area contributed by atoms with Crippen LogP contribution in [0.2, 0.25) is 0 Å². The van der Waals surface area contributed by atoms with Crippen molar-refractivity contribution in [2.24, 2.45) is 0 Å². The van der Waals surface area contributed by atoms with Crippen LogP contribution in [0.1, 0.15) is 12.8 Å². The molecule has 1 aromatic rings. The van der Waals surface area contributed by atoms with E-state index in [1.165, 1.54) is 12.1 Å². The van der Waals surface area contributed by atoms with E-state index in [1.807, 2.05) is 18.0 Å². The minimum Gasteiger partial charge on any atom is -0.376 e. The van der Waals surface area contributed by atoms with Crippen molar-refractivity contribution in [3.05, 3.63) is 40.9 Å². The number of nitrogens with zero attached hydrogens (tertiary/aromatic N) is 2. The Morgan fingerprint density at radius 2 is 2.00 bits per heavy atom. The fourth-order valence-electron chi connectivity index (χ4n) is 2.09. The Balaban J connectivity index is 2.57. The first-order valence-corrected chi connectivity index (χ1v) is 7.20. The first-order valence-electron chi connectivity index (χ1n) is 5.72. The third kappa shape index (κ3) is 2.12. The first-order chi connectivity index (χ1) is 8.57. The Labute approximate surface area is 107 Å². The lowest BCUT2D eigenvalue weighted by molar-refractivity contribution is 0.479. The van der Waals surface area contributed by atoms with Gasteiger partial charge in [-0.3, -0.25) is 0 Å². The summed E-state index contributed by atoms with van der Waals surface area (Å²) in [7, 11) is -1.87. The van der Waals surface area contributed by atoms with Crippen LogP contribution >= 0.6 is 0 Å². The second-order valence-corrected chi connectivity index (χ2v) is 6.12. The number of likely N-dealkylation sites (tertiary alicyclic amines) is 1. The Hall–Kier alpha value is -1.80. The van der Waals surface area contributed by atoms with Gasteiger partial charge in [0.15, 0.2) is 4.91 Å². The Morgan fingerprint density at radius 1 is 1.33 bits per heavy atom. The molecule has 0 amide bonds. The van der Waals surface area contributed by atoms with E-state index in [9.17, 15) is 13.7 Å². The van der Waals surface area contributed by atoms with E-state index in [2.05, 4.69) is 0 Å². The third-order valence-electron chi connectivity index (χ3n) is 3.05. The van der Waals surface area contributed by atoms with Crippen LogP contribution in [0.5, 0.6) is 0 Å². The molecule has 1 heterocycles. The molecule has 0 saturated carbocycles. The molecule has 0 N–H and O–H groups in total. The van der Waals surface area contributed by atoms with Gasteiger partial charge in [0, 0.05) is 19.3 Å². The van der Waals surface area contributed by atoms with E-state index >= 15 is 0 Å². The van der Waals surface area contributed by atoms with Gasteiger partial charge in [-0.2, -0.15) is 5.26 Å². The van der Waals surface area contributed by atoms with Gasteiger partial charge >= 0.3 is 0 Å². The van der Waals surface area contributed by atoms with E-state index in [4.69, 9.17) is 0 Å². The quantitative estimate of drug-likeness (QED) is 0.764. The van der Waals surface area contributed by atoms with Crippen molar-refractivity contribution in [1.29, 1.82) is 5.26 Å². The molecule has 1 aliphatic heterocycles. The van der Waals surface area contributed by atoms with E-state index in [1.54, 1.807) is 18.2 Å². The highest BCUT2D eigenvalue weighted by molar-refractivity contribution is 7.95. The summed E-state index contributed by atoms with van der Waals surface area (Å²) in [5.41, 5.74) is 0.626. The lowest BCUT2D eigenvalue weighted by Crippen LogP contribution is -2.16. The van der Waals surface area contributed by atoms with Crippen LogP contribution in [0.3, 0.4) is 0 Å². The van der Waals surface area contributed by atoms with E-state index < -0.39 is 9.84 Å². The average Bonchev–Trinajstić information content (AvgIpc) is 2.78. The zero-order valence-corrected chi connectivity index (χ0v) is 10.9. The lowest BCUT2D eigenvalue weighted by Gasteiger charge is -2.14. The summed E-state index contributed by atoms with van der Waals surface area (Å²) in [6, 6.07) is 9.96. The SMILES string of the molecule is CN1CCC/C1=C(\C#N)S(=O)(=O)c1ccccc1. The smallest absolute Gasteiger partial charge is 0.218 e. The fourth-order valence-corrected chi connectivity index (χ4v) is 3.53. The molecule has 0 bridgehead atoms. The van der Waals surface area contributed by atoms with Gasteiger partial charge in [-0.25, -0.2) is 8.42 Å². The van der Waals surface area contributed by atoms with E-state index in [0.717, 1.165) is 13.0 Å². The lowest BCUT2D eigenvalue weighted by atomic mass is 10.3. The minimum atomic E-state index is -3.69. The fraction of sp³-hybridized carbons (Fsp3) is 0.308.